The number of imidazole rings is 1. The monoisotopic (exact) mass is 399 g/mol. The van der Waals surface area contributed by atoms with Gasteiger partial charge in [0.25, 0.3) is 0 Å². The summed E-state index contributed by atoms with van der Waals surface area (Å²) in [5, 5.41) is 2.49. The van der Waals surface area contributed by atoms with E-state index in [4.69, 9.17) is 16.3 Å². The second-order valence-corrected chi connectivity index (χ2v) is 7.97. The van der Waals surface area contributed by atoms with Gasteiger partial charge in [-0.15, -0.1) is 0 Å². The van der Waals surface area contributed by atoms with Crippen molar-refractivity contribution in [2.24, 2.45) is 13.0 Å². The van der Waals surface area contributed by atoms with Crippen LogP contribution in [0.1, 0.15) is 17.9 Å². The van der Waals surface area contributed by atoms with Crippen molar-refractivity contribution >= 4 is 29.3 Å². The average molecular weight is 400 g/mol. The van der Waals surface area contributed by atoms with Gasteiger partial charge in [-0.1, -0.05) is 35.9 Å². The van der Waals surface area contributed by atoms with Crippen molar-refractivity contribution < 1.29 is 9.53 Å². The number of halogens is 1. The van der Waals surface area contributed by atoms with Gasteiger partial charge in [0.15, 0.2) is 0 Å². The van der Waals surface area contributed by atoms with Crippen molar-refractivity contribution in [2.75, 3.05) is 7.11 Å². The Balaban J connectivity index is 1.56. The summed E-state index contributed by atoms with van der Waals surface area (Å²) in [7, 11) is 3.41. The molecule has 1 aliphatic rings. The molecule has 2 atom stereocenters. The first kappa shape index (κ1) is 18.1. The minimum absolute atomic E-state index is 0.00204. The molecule has 7 heteroatoms. The summed E-state index contributed by atoms with van der Waals surface area (Å²) >= 11 is 7.47. The lowest BCUT2D eigenvalue weighted by molar-refractivity contribution is -0.142. The number of pyridine rings is 1. The van der Waals surface area contributed by atoms with Gasteiger partial charge in [-0.05, 0) is 41.8 Å². The number of nitrogens with zero attached hydrogens (tertiary/aromatic N) is 3. The first-order chi connectivity index (χ1) is 13.1. The molecule has 0 N–H and O–H groups in total. The van der Waals surface area contributed by atoms with Crippen LogP contribution in [-0.4, -0.2) is 27.6 Å². The average Bonchev–Trinajstić information content (AvgIpc) is 3.41. The van der Waals surface area contributed by atoms with E-state index in [0.29, 0.717) is 5.02 Å². The third-order valence-electron chi connectivity index (χ3n) is 4.69. The predicted molar refractivity (Wildman–Crippen MR) is 105 cm³/mol. The molecule has 0 radical (unpaired) electrons. The number of carbonyl (C=O) groups is 1. The molecule has 0 bridgehead atoms. The number of carbonyl (C=O) groups excluding carboxylic acids is 1. The van der Waals surface area contributed by atoms with E-state index in [0.717, 1.165) is 27.7 Å². The van der Waals surface area contributed by atoms with Crippen molar-refractivity contribution in [3.05, 3.63) is 59.5 Å². The van der Waals surface area contributed by atoms with Gasteiger partial charge in [-0.3, -0.25) is 4.79 Å². The predicted octanol–water partition coefficient (Wildman–Crippen LogP) is 4.56. The quantitative estimate of drug-likeness (QED) is 0.588. The number of hydrogen-bond donors (Lipinski definition) is 0. The van der Waals surface area contributed by atoms with Crippen LogP contribution in [0.3, 0.4) is 0 Å². The molecule has 1 aromatic carbocycles. The van der Waals surface area contributed by atoms with Gasteiger partial charge in [0.1, 0.15) is 15.7 Å². The van der Waals surface area contributed by atoms with Gasteiger partial charge in [0, 0.05) is 18.8 Å². The number of benzene rings is 1. The molecule has 1 fully saturated rings. The number of hydrogen-bond acceptors (Lipinski definition) is 5. The van der Waals surface area contributed by atoms with Crippen LogP contribution in [0.4, 0.5) is 0 Å². The van der Waals surface area contributed by atoms with Crippen molar-refractivity contribution in [3.8, 4) is 11.3 Å². The van der Waals surface area contributed by atoms with E-state index in [-0.39, 0.29) is 17.8 Å². The Bertz CT molecular complexity index is 970. The Morgan fingerprint density at radius 3 is 2.67 bits per heavy atom. The Morgan fingerprint density at radius 1 is 1.22 bits per heavy atom. The van der Waals surface area contributed by atoms with Gasteiger partial charge in [-0.25, -0.2) is 9.97 Å². The third-order valence-corrected chi connectivity index (χ3v) is 6.04. The van der Waals surface area contributed by atoms with Gasteiger partial charge in [0.05, 0.1) is 24.4 Å². The summed E-state index contributed by atoms with van der Waals surface area (Å²) < 4.78 is 6.82. The molecule has 0 aliphatic heterocycles. The number of aromatic nitrogens is 3. The first-order valence-corrected chi connectivity index (χ1v) is 9.75. The topological polar surface area (TPSA) is 57.0 Å². The summed E-state index contributed by atoms with van der Waals surface area (Å²) in [5.74, 6) is 0.142. The second kappa shape index (κ2) is 7.37. The van der Waals surface area contributed by atoms with E-state index in [1.807, 2.05) is 23.7 Å². The van der Waals surface area contributed by atoms with Crippen LogP contribution in [-0.2, 0) is 16.6 Å². The molecule has 5 nitrogen and oxygen atoms in total. The fraction of sp³-hybridized carbons (Fsp3) is 0.250. The zero-order valence-corrected chi connectivity index (χ0v) is 16.5. The van der Waals surface area contributed by atoms with Crippen molar-refractivity contribution in [1.29, 1.82) is 0 Å². The summed E-state index contributed by atoms with van der Waals surface area (Å²) in [6.45, 7) is 0. The molecule has 0 saturated heterocycles. The molecule has 1 saturated carbocycles. The van der Waals surface area contributed by atoms with Crippen molar-refractivity contribution in [3.63, 3.8) is 0 Å². The molecule has 2 heterocycles. The van der Waals surface area contributed by atoms with Crippen LogP contribution >= 0.6 is 23.4 Å². The Hall–Kier alpha value is -2.31. The molecule has 0 spiro atoms. The third kappa shape index (κ3) is 3.73. The molecule has 4 rings (SSSR count). The molecular weight excluding hydrogens is 382 g/mol. The maximum atomic E-state index is 11.6. The van der Waals surface area contributed by atoms with E-state index in [2.05, 4.69) is 34.2 Å². The fourth-order valence-electron chi connectivity index (χ4n) is 3.12. The van der Waals surface area contributed by atoms with Crippen molar-refractivity contribution in [2.45, 2.75) is 22.4 Å². The SMILES string of the molecule is COC(=O)[C@H]1C[C@@H]1c1ccc(-c2ncn(C)c2Sc2ccc(Cl)cn2)cc1. The summed E-state index contributed by atoms with van der Waals surface area (Å²) in [4.78, 5) is 20.6. The number of methoxy groups -OCH3 is 1. The van der Waals surface area contributed by atoms with E-state index in [1.165, 1.54) is 12.7 Å². The lowest BCUT2D eigenvalue weighted by Gasteiger charge is -2.07. The molecule has 0 amide bonds. The lowest BCUT2D eigenvalue weighted by Crippen LogP contribution is -2.03. The van der Waals surface area contributed by atoms with Gasteiger partial charge in [0.2, 0.25) is 0 Å². The molecular formula is C20H18ClN3O2S. The first-order valence-electron chi connectivity index (χ1n) is 8.55. The van der Waals surface area contributed by atoms with Crippen LogP contribution in [0.15, 0.2) is 59.0 Å². The molecule has 138 valence electrons. The van der Waals surface area contributed by atoms with Gasteiger partial charge >= 0.3 is 5.97 Å². The molecule has 2 aromatic heterocycles. The van der Waals surface area contributed by atoms with E-state index >= 15 is 0 Å². The fourth-order valence-corrected chi connectivity index (χ4v) is 4.13. The lowest BCUT2D eigenvalue weighted by atomic mass is 10.1. The molecule has 27 heavy (non-hydrogen) atoms. The number of ether oxygens (including phenoxy) is 1. The number of esters is 1. The zero-order chi connectivity index (χ0) is 19.0. The van der Waals surface area contributed by atoms with Crippen LogP contribution in [0.5, 0.6) is 0 Å². The van der Waals surface area contributed by atoms with Crippen LogP contribution < -0.4 is 0 Å². The minimum Gasteiger partial charge on any atom is -0.469 e. The number of rotatable bonds is 5. The molecule has 1 aliphatic carbocycles. The Morgan fingerprint density at radius 2 is 2.00 bits per heavy atom. The summed E-state index contributed by atoms with van der Waals surface area (Å²) in [6, 6.07) is 12.0. The minimum atomic E-state index is -0.122. The number of aryl methyl sites for hydroxylation is 1. The van der Waals surface area contributed by atoms with E-state index in [1.54, 1.807) is 24.3 Å². The van der Waals surface area contributed by atoms with Crippen molar-refractivity contribution in [1.82, 2.24) is 14.5 Å². The highest BCUT2D eigenvalue weighted by Gasteiger charge is 2.44. The zero-order valence-electron chi connectivity index (χ0n) is 14.9. The van der Waals surface area contributed by atoms with Crippen LogP contribution in [0.2, 0.25) is 5.02 Å². The maximum absolute atomic E-state index is 11.6. The standard InChI is InChI=1S/C20H18ClN3O2S/c1-24-11-23-18(19(24)27-17-8-7-14(21)10-22-17)13-5-3-12(4-6-13)15-9-16(15)20(25)26-2/h3-8,10-11,15-16H,9H2,1-2H3/t15-,16+/m1/s1. The summed E-state index contributed by atoms with van der Waals surface area (Å²) in [6.07, 6.45) is 4.30. The smallest absolute Gasteiger partial charge is 0.309 e. The normalized spacial score (nSPS) is 18.3. The van der Waals surface area contributed by atoms with Crippen LogP contribution in [0.25, 0.3) is 11.3 Å². The highest BCUT2D eigenvalue weighted by molar-refractivity contribution is 7.99. The largest absolute Gasteiger partial charge is 0.469 e. The van der Waals surface area contributed by atoms with E-state index in [9.17, 15) is 4.79 Å². The maximum Gasteiger partial charge on any atom is 0.309 e. The van der Waals surface area contributed by atoms with Gasteiger partial charge in [-0.2, -0.15) is 0 Å². The highest BCUT2D eigenvalue weighted by Crippen LogP contribution is 2.48. The van der Waals surface area contributed by atoms with Crippen LogP contribution in [0, 0.1) is 5.92 Å². The second-order valence-electron chi connectivity index (χ2n) is 6.52. The molecule has 3 aromatic rings. The highest BCUT2D eigenvalue weighted by atomic mass is 35.5. The summed E-state index contributed by atoms with van der Waals surface area (Å²) in [5.41, 5.74) is 3.11. The van der Waals surface area contributed by atoms with Gasteiger partial charge < -0.3 is 9.30 Å². The molecule has 0 unspecified atom stereocenters. The van der Waals surface area contributed by atoms with E-state index < -0.39 is 0 Å². The Kier molecular flexibility index (Phi) is 4.93. The Labute approximate surface area is 166 Å².